The van der Waals surface area contributed by atoms with Gasteiger partial charge in [-0.05, 0) is 36.9 Å². The van der Waals surface area contributed by atoms with E-state index in [1.54, 1.807) is 13.0 Å². The van der Waals surface area contributed by atoms with Gasteiger partial charge in [0.2, 0.25) is 5.75 Å². The normalized spacial score (nSPS) is 14.2. The molecule has 1 fully saturated rings. The van der Waals surface area contributed by atoms with E-state index in [0.29, 0.717) is 11.8 Å². The Morgan fingerprint density at radius 2 is 1.86 bits per heavy atom. The number of thioether (sulfide) groups is 1. The largest absolute Gasteiger partial charge is 0.493 e. The van der Waals surface area contributed by atoms with Crippen LogP contribution < -0.4 is 9.47 Å². The fourth-order valence-electron chi connectivity index (χ4n) is 2.99. The second-order valence-electron chi connectivity index (χ2n) is 6.72. The molecule has 1 heterocycles. The highest BCUT2D eigenvalue weighted by Crippen LogP contribution is 2.42. The molecule has 0 atom stereocenters. The third kappa shape index (κ3) is 5.55. The first kappa shape index (κ1) is 25.2. The number of imide groups is 1. The fraction of sp³-hybridized carbons (Fsp3) is 0.190. The number of nitrogens with zero attached hydrogens (tertiary/aromatic N) is 3. The number of hydrogen-bond acceptors (Lipinski definition) is 11. The first-order valence-electron chi connectivity index (χ1n) is 9.85. The molecule has 14 heteroatoms. The lowest BCUT2D eigenvalue weighted by Crippen LogP contribution is -2.34. The van der Waals surface area contributed by atoms with Crippen molar-refractivity contribution in [3.63, 3.8) is 0 Å². The van der Waals surface area contributed by atoms with Gasteiger partial charge in [-0.2, -0.15) is 0 Å². The average Bonchev–Trinajstić information content (AvgIpc) is 3.07. The molecule has 0 unspecified atom stereocenters. The molecule has 0 radical (unpaired) electrons. The lowest BCUT2D eigenvalue weighted by Gasteiger charge is -2.13. The molecule has 2 aromatic rings. The molecule has 2 amide bonds. The minimum absolute atomic E-state index is 0.0319. The predicted octanol–water partition coefficient (Wildman–Crippen LogP) is 3.90. The summed E-state index contributed by atoms with van der Waals surface area (Å²) in [5.74, 6) is -1.69. The summed E-state index contributed by atoms with van der Waals surface area (Å²) in [6, 6.07) is 7.43. The van der Waals surface area contributed by atoms with Gasteiger partial charge in [-0.15, -0.1) is 0 Å². The Hall–Kier alpha value is -4.46. The van der Waals surface area contributed by atoms with Crippen molar-refractivity contribution >= 4 is 46.3 Å². The molecule has 35 heavy (non-hydrogen) atoms. The van der Waals surface area contributed by atoms with Crippen LogP contribution in [0.15, 0.2) is 41.3 Å². The van der Waals surface area contributed by atoms with Gasteiger partial charge in [0.1, 0.15) is 6.54 Å². The lowest BCUT2D eigenvalue weighted by molar-refractivity contribution is -0.394. The monoisotopic (exact) mass is 503 g/mol. The molecule has 0 saturated carbocycles. The van der Waals surface area contributed by atoms with Crippen molar-refractivity contribution in [2.24, 2.45) is 0 Å². The first-order valence-corrected chi connectivity index (χ1v) is 10.7. The Balaban J connectivity index is 2.00. The van der Waals surface area contributed by atoms with Crippen LogP contribution in [-0.4, -0.2) is 52.1 Å². The van der Waals surface area contributed by atoms with E-state index in [-0.39, 0.29) is 34.3 Å². The highest BCUT2D eigenvalue weighted by Gasteiger charge is 2.37. The zero-order valence-corrected chi connectivity index (χ0v) is 19.1. The lowest BCUT2D eigenvalue weighted by atomic mass is 10.1. The number of non-ortho nitro benzene ring substituents is 1. The zero-order valence-electron chi connectivity index (χ0n) is 18.3. The number of ether oxygens (including phenoxy) is 3. The molecule has 2 aromatic carbocycles. The quantitative estimate of drug-likeness (QED) is 0.210. The molecule has 1 aliphatic heterocycles. The molecule has 1 saturated heterocycles. The molecule has 1 aliphatic rings. The SMILES string of the molecule is CCOC(=O)CN1C(=O)S/C(=C\c2cccc(OC)c2Oc2ccc([N+](=O)[O-])cc2[N+](=O)[O-])C1=O. The number of carbonyl (C=O) groups is 3. The summed E-state index contributed by atoms with van der Waals surface area (Å²) in [5.41, 5.74) is -0.941. The zero-order chi connectivity index (χ0) is 25.7. The van der Waals surface area contributed by atoms with Gasteiger partial charge in [0.05, 0.1) is 34.5 Å². The standard InChI is InChI=1S/C21H17N3O10S/c1-3-33-18(25)11-22-20(26)17(35-21(22)27)9-12-5-4-6-16(32-2)19(12)34-15-8-7-13(23(28)29)10-14(15)24(30)31/h4-10H,3,11H2,1-2H3/b17-9-. The van der Waals surface area contributed by atoms with Gasteiger partial charge < -0.3 is 14.2 Å². The number of nitro benzene ring substituents is 2. The van der Waals surface area contributed by atoms with Crippen LogP contribution in [0.5, 0.6) is 17.2 Å². The number of amides is 2. The summed E-state index contributed by atoms with van der Waals surface area (Å²) in [6.07, 6.45) is 1.31. The molecule has 182 valence electrons. The molecule has 0 aromatic heterocycles. The maximum absolute atomic E-state index is 12.7. The Bertz CT molecular complexity index is 1260. The van der Waals surface area contributed by atoms with Crippen molar-refractivity contribution in [3.05, 3.63) is 67.1 Å². The maximum Gasteiger partial charge on any atom is 0.326 e. The number of para-hydroxylation sites is 1. The summed E-state index contributed by atoms with van der Waals surface area (Å²) in [6.45, 7) is 1.13. The van der Waals surface area contributed by atoms with Crippen LogP contribution in [0.4, 0.5) is 16.2 Å². The molecule has 3 rings (SSSR count). The minimum atomic E-state index is -0.835. The highest BCUT2D eigenvalue weighted by molar-refractivity contribution is 8.18. The molecular weight excluding hydrogens is 486 g/mol. The van der Waals surface area contributed by atoms with Gasteiger partial charge in [-0.25, -0.2) is 0 Å². The van der Waals surface area contributed by atoms with E-state index < -0.39 is 44.9 Å². The number of esters is 1. The molecule has 0 aliphatic carbocycles. The number of benzene rings is 2. The van der Waals surface area contributed by atoms with Gasteiger partial charge in [0.15, 0.2) is 11.5 Å². The summed E-state index contributed by atoms with van der Waals surface area (Å²) in [7, 11) is 1.32. The van der Waals surface area contributed by atoms with Crippen molar-refractivity contribution in [2.45, 2.75) is 6.92 Å². The van der Waals surface area contributed by atoms with Gasteiger partial charge >= 0.3 is 11.7 Å². The number of rotatable bonds is 9. The van der Waals surface area contributed by atoms with E-state index in [4.69, 9.17) is 14.2 Å². The summed E-state index contributed by atoms with van der Waals surface area (Å²) < 4.78 is 15.8. The number of carbonyl (C=O) groups excluding carboxylic acids is 3. The molecular formula is C21H17N3O10S. The maximum atomic E-state index is 12.7. The van der Waals surface area contributed by atoms with Crippen LogP contribution in [0, 0.1) is 20.2 Å². The van der Waals surface area contributed by atoms with Crippen LogP contribution in [0.1, 0.15) is 12.5 Å². The number of hydrogen-bond donors (Lipinski definition) is 0. The second-order valence-corrected chi connectivity index (χ2v) is 7.71. The van der Waals surface area contributed by atoms with E-state index >= 15 is 0 Å². The van der Waals surface area contributed by atoms with Crippen molar-refractivity contribution in [1.82, 2.24) is 4.90 Å². The van der Waals surface area contributed by atoms with Crippen molar-refractivity contribution in [3.8, 4) is 17.2 Å². The molecule has 13 nitrogen and oxygen atoms in total. The topological polar surface area (TPSA) is 168 Å². The second kappa shape index (κ2) is 10.6. The van der Waals surface area contributed by atoms with E-state index in [1.807, 2.05) is 0 Å². The smallest absolute Gasteiger partial charge is 0.326 e. The van der Waals surface area contributed by atoms with E-state index in [2.05, 4.69) is 0 Å². The van der Waals surface area contributed by atoms with Gasteiger partial charge in [0.25, 0.3) is 16.8 Å². The Morgan fingerprint density at radius 3 is 2.49 bits per heavy atom. The van der Waals surface area contributed by atoms with Crippen LogP contribution in [0.25, 0.3) is 6.08 Å². The van der Waals surface area contributed by atoms with Crippen molar-refractivity contribution < 1.29 is 38.4 Å². The van der Waals surface area contributed by atoms with Crippen LogP contribution in [-0.2, 0) is 14.3 Å². The van der Waals surface area contributed by atoms with Gasteiger partial charge in [-0.1, -0.05) is 12.1 Å². The first-order chi connectivity index (χ1) is 16.7. The summed E-state index contributed by atoms with van der Waals surface area (Å²) >= 11 is 0.590. The van der Waals surface area contributed by atoms with Gasteiger partial charge in [-0.3, -0.25) is 39.5 Å². The van der Waals surface area contributed by atoms with Crippen LogP contribution >= 0.6 is 11.8 Å². The Labute approximate surface area is 201 Å². The predicted molar refractivity (Wildman–Crippen MR) is 122 cm³/mol. The molecule has 0 N–H and O–H groups in total. The summed E-state index contributed by atoms with van der Waals surface area (Å²) in [5, 5.41) is 21.8. The minimum Gasteiger partial charge on any atom is -0.493 e. The van der Waals surface area contributed by atoms with Crippen LogP contribution in [0.2, 0.25) is 0 Å². The Kier molecular flexibility index (Phi) is 7.66. The highest BCUT2D eigenvalue weighted by atomic mass is 32.2. The number of methoxy groups -OCH3 is 1. The van der Waals surface area contributed by atoms with Crippen molar-refractivity contribution in [1.29, 1.82) is 0 Å². The van der Waals surface area contributed by atoms with Crippen molar-refractivity contribution in [2.75, 3.05) is 20.3 Å². The third-order valence-corrected chi connectivity index (χ3v) is 5.45. The molecule has 0 spiro atoms. The van der Waals surface area contributed by atoms with Gasteiger partial charge in [0, 0.05) is 11.6 Å². The average molecular weight is 503 g/mol. The third-order valence-electron chi connectivity index (χ3n) is 4.54. The molecule has 0 bridgehead atoms. The Morgan fingerprint density at radius 1 is 1.11 bits per heavy atom. The van der Waals surface area contributed by atoms with E-state index in [0.717, 1.165) is 23.1 Å². The van der Waals surface area contributed by atoms with E-state index in [1.165, 1.54) is 25.3 Å². The van der Waals surface area contributed by atoms with E-state index in [9.17, 15) is 34.6 Å². The summed E-state index contributed by atoms with van der Waals surface area (Å²) in [4.78, 5) is 58.3. The van der Waals surface area contributed by atoms with Crippen LogP contribution in [0.3, 0.4) is 0 Å². The number of nitro groups is 2. The fourth-order valence-corrected chi connectivity index (χ4v) is 3.82.